The number of nitrogens with one attached hydrogen (secondary N) is 1. The van der Waals surface area contributed by atoms with Gasteiger partial charge in [0.05, 0.1) is 0 Å². The first kappa shape index (κ1) is 10.7. The fraction of sp³-hybridized carbons (Fsp3) is 0.778. The van der Waals surface area contributed by atoms with Crippen LogP contribution in [0.2, 0.25) is 0 Å². The summed E-state index contributed by atoms with van der Waals surface area (Å²) in [5.41, 5.74) is 0. The fourth-order valence-corrected chi connectivity index (χ4v) is 0.809. The van der Waals surface area contributed by atoms with Crippen molar-refractivity contribution < 1.29 is 4.74 Å². The molecule has 0 aliphatic rings. The Balaban J connectivity index is 2.91. The summed E-state index contributed by atoms with van der Waals surface area (Å²) in [4.78, 5) is 0. The largest absolute Gasteiger partial charge is 0.385 e. The second kappa shape index (κ2) is 9.66. The lowest BCUT2D eigenvalue weighted by Crippen LogP contribution is -2.05. The number of methoxy groups -OCH3 is 1. The minimum Gasteiger partial charge on any atom is -0.385 e. The van der Waals surface area contributed by atoms with Gasteiger partial charge in [-0.15, -0.1) is 0 Å². The molecule has 0 aliphatic carbocycles. The van der Waals surface area contributed by atoms with Gasteiger partial charge < -0.3 is 10.1 Å². The van der Waals surface area contributed by atoms with Gasteiger partial charge in [0, 0.05) is 13.7 Å². The molecule has 0 rings (SSSR count). The Kier molecular flexibility index (Phi) is 9.36. The molecule has 66 valence electrons. The van der Waals surface area contributed by atoms with E-state index in [4.69, 9.17) is 4.74 Å². The third kappa shape index (κ3) is 9.66. The number of unbranched alkanes of at least 4 members (excludes halogenated alkanes) is 1. The van der Waals surface area contributed by atoms with Gasteiger partial charge in [0.1, 0.15) is 0 Å². The average molecular weight is 157 g/mol. The van der Waals surface area contributed by atoms with Crippen molar-refractivity contribution in [2.45, 2.75) is 19.3 Å². The summed E-state index contributed by atoms with van der Waals surface area (Å²) in [7, 11) is 3.71. The molecule has 0 aromatic carbocycles. The lowest BCUT2D eigenvalue weighted by molar-refractivity contribution is 0.196. The number of hydrogen-bond acceptors (Lipinski definition) is 2. The number of ether oxygens (including phenoxy) is 1. The number of hydrogen-bond donors (Lipinski definition) is 1. The van der Waals surface area contributed by atoms with Gasteiger partial charge in [-0.1, -0.05) is 12.2 Å². The van der Waals surface area contributed by atoms with Crippen LogP contribution in [0.3, 0.4) is 0 Å². The predicted molar refractivity (Wildman–Crippen MR) is 48.8 cm³/mol. The Hall–Kier alpha value is -0.340. The van der Waals surface area contributed by atoms with Gasteiger partial charge >= 0.3 is 0 Å². The van der Waals surface area contributed by atoms with E-state index in [1.54, 1.807) is 7.11 Å². The highest BCUT2D eigenvalue weighted by Crippen LogP contribution is 1.92. The first-order valence-corrected chi connectivity index (χ1v) is 4.20. The minimum absolute atomic E-state index is 0.871. The van der Waals surface area contributed by atoms with Gasteiger partial charge in [-0.3, -0.25) is 0 Å². The third-order valence-electron chi connectivity index (χ3n) is 1.45. The molecule has 0 amide bonds. The van der Waals surface area contributed by atoms with E-state index in [2.05, 4.69) is 17.5 Å². The molecule has 0 unspecified atom stereocenters. The zero-order chi connectivity index (χ0) is 8.36. The fourth-order valence-electron chi connectivity index (χ4n) is 0.809. The van der Waals surface area contributed by atoms with Crippen LogP contribution in [0, 0.1) is 0 Å². The monoisotopic (exact) mass is 157 g/mol. The van der Waals surface area contributed by atoms with E-state index >= 15 is 0 Å². The standard InChI is InChI=1S/C9H19NO/c1-10-8-6-4-3-5-7-9-11-2/h3-4,10H,5-9H2,1-2H3/b4-3-. The summed E-state index contributed by atoms with van der Waals surface area (Å²) in [5.74, 6) is 0. The maximum atomic E-state index is 4.92. The number of allylic oxidation sites excluding steroid dienone is 1. The molecular weight excluding hydrogens is 138 g/mol. The van der Waals surface area contributed by atoms with E-state index in [0.29, 0.717) is 0 Å². The van der Waals surface area contributed by atoms with Crippen LogP contribution in [0.1, 0.15) is 19.3 Å². The highest BCUT2D eigenvalue weighted by Gasteiger charge is 1.81. The molecule has 0 saturated heterocycles. The molecule has 0 atom stereocenters. The van der Waals surface area contributed by atoms with Crippen molar-refractivity contribution >= 4 is 0 Å². The Morgan fingerprint density at radius 3 is 2.64 bits per heavy atom. The molecule has 0 spiro atoms. The van der Waals surface area contributed by atoms with Crippen molar-refractivity contribution in [3.63, 3.8) is 0 Å². The average Bonchev–Trinajstić information content (AvgIpc) is 2.03. The van der Waals surface area contributed by atoms with Crippen LogP contribution in [0.5, 0.6) is 0 Å². The molecule has 0 saturated carbocycles. The highest BCUT2D eigenvalue weighted by molar-refractivity contribution is 4.81. The topological polar surface area (TPSA) is 21.3 Å². The van der Waals surface area contributed by atoms with E-state index in [1.807, 2.05) is 7.05 Å². The van der Waals surface area contributed by atoms with Crippen molar-refractivity contribution in [1.82, 2.24) is 5.32 Å². The summed E-state index contributed by atoms with van der Waals surface area (Å²) in [6, 6.07) is 0. The molecule has 0 radical (unpaired) electrons. The summed E-state index contributed by atoms with van der Waals surface area (Å²) < 4.78 is 4.92. The quantitative estimate of drug-likeness (QED) is 0.447. The van der Waals surface area contributed by atoms with Gasteiger partial charge in [-0.05, 0) is 32.9 Å². The molecule has 2 heteroatoms. The van der Waals surface area contributed by atoms with E-state index in [1.165, 1.54) is 0 Å². The van der Waals surface area contributed by atoms with Crippen molar-refractivity contribution in [3.8, 4) is 0 Å². The van der Waals surface area contributed by atoms with Gasteiger partial charge in [0.25, 0.3) is 0 Å². The zero-order valence-corrected chi connectivity index (χ0v) is 7.60. The zero-order valence-electron chi connectivity index (χ0n) is 7.60. The SMILES string of the molecule is CNCC/C=C\CCCOC. The lowest BCUT2D eigenvalue weighted by Gasteiger charge is -1.93. The van der Waals surface area contributed by atoms with E-state index in [9.17, 15) is 0 Å². The maximum absolute atomic E-state index is 4.92. The Labute approximate surface area is 69.6 Å². The van der Waals surface area contributed by atoms with E-state index in [-0.39, 0.29) is 0 Å². The Morgan fingerprint density at radius 2 is 2.00 bits per heavy atom. The van der Waals surface area contributed by atoms with Gasteiger partial charge in [0.2, 0.25) is 0 Å². The minimum atomic E-state index is 0.871. The molecule has 0 heterocycles. The summed E-state index contributed by atoms with van der Waals surface area (Å²) in [6.45, 7) is 1.94. The molecule has 0 aromatic rings. The van der Waals surface area contributed by atoms with Crippen LogP contribution in [0.25, 0.3) is 0 Å². The third-order valence-corrected chi connectivity index (χ3v) is 1.45. The van der Waals surface area contributed by atoms with Crippen molar-refractivity contribution in [1.29, 1.82) is 0 Å². The van der Waals surface area contributed by atoms with Crippen LogP contribution in [0.4, 0.5) is 0 Å². The highest BCUT2D eigenvalue weighted by atomic mass is 16.5. The second-order valence-corrected chi connectivity index (χ2v) is 2.50. The van der Waals surface area contributed by atoms with Gasteiger partial charge in [0.15, 0.2) is 0 Å². The van der Waals surface area contributed by atoms with Crippen molar-refractivity contribution in [3.05, 3.63) is 12.2 Å². The summed E-state index contributed by atoms with van der Waals surface area (Å²) in [5, 5.41) is 3.09. The Bertz CT molecular complexity index is 91.6. The molecule has 0 aromatic heterocycles. The van der Waals surface area contributed by atoms with E-state index in [0.717, 1.165) is 32.4 Å². The Morgan fingerprint density at radius 1 is 1.27 bits per heavy atom. The van der Waals surface area contributed by atoms with Crippen LogP contribution in [-0.4, -0.2) is 27.3 Å². The predicted octanol–water partition coefficient (Wildman–Crippen LogP) is 1.58. The van der Waals surface area contributed by atoms with Crippen molar-refractivity contribution in [2.75, 3.05) is 27.3 Å². The van der Waals surface area contributed by atoms with Crippen LogP contribution in [0.15, 0.2) is 12.2 Å². The first-order valence-electron chi connectivity index (χ1n) is 4.20. The number of rotatable bonds is 7. The molecular formula is C9H19NO. The molecule has 11 heavy (non-hydrogen) atoms. The molecule has 0 fully saturated rings. The van der Waals surface area contributed by atoms with Gasteiger partial charge in [-0.2, -0.15) is 0 Å². The summed E-state index contributed by atoms with van der Waals surface area (Å²) in [6.07, 6.45) is 7.83. The van der Waals surface area contributed by atoms with Gasteiger partial charge in [-0.25, -0.2) is 0 Å². The van der Waals surface area contributed by atoms with Crippen LogP contribution < -0.4 is 5.32 Å². The molecule has 2 nitrogen and oxygen atoms in total. The molecule has 0 aliphatic heterocycles. The maximum Gasteiger partial charge on any atom is 0.0465 e. The lowest BCUT2D eigenvalue weighted by atomic mass is 10.3. The van der Waals surface area contributed by atoms with Crippen LogP contribution in [-0.2, 0) is 4.74 Å². The molecule has 1 N–H and O–H groups in total. The molecule has 0 bridgehead atoms. The second-order valence-electron chi connectivity index (χ2n) is 2.50. The normalized spacial score (nSPS) is 11.1. The first-order chi connectivity index (χ1) is 5.41. The summed E-state index contributed by atoms with van der Waals surface area (Å²) >= 11 is 0. The van der Waals surface area contributed by atoms with Crippen molar-refractivity contribution in [2.24, 2.45) is 0 Å². The van der Waals surface area contributed by atoms with E-state index < -0.39 is 0 Å². The smallest absolute Gasteiger partial charge is 0.0465 e. The van der Waals surface area contributed by atoms with Crippen LogP contribution >= 0.6 is 0 Å².